The Bertz CT molecular complexity index is 828. The summed E-state index contributed by atoms with van der Waals surface area (Å²) in [6.45, 7) is 4.80. The Morgan fingerprint density at radius 2 is 0.906 bits per heavy atom. The fourth-order valence-electron chi connectivity index (χ4n) is 6.85. The molecule has 0 aliphatic carbocycles. The number of hydrogen-bond acceptors (Lipinski definition) is 5. The average molecular weight is 748 g/mol. The molecule has 1 amide bonds. The van der Waals surface area contributed by atoms with E-state index >= 15 is 0 Å². The molecule has 0 radical (unpaired) electrons. The molecule has 0 saturated heterocycles. The summed E-state index contributed by atoms with van der Waals surface area (Å²) in [5.74, 6) is -0.124. The van der Waals surface area contributed by atoms with Crippen molar-refractivity contribution in [1.29, 1.82) is 0 Å². The lowest BCUT2D eigenvalue weighted by molar-refractivity contribution is -0.143. The summed E-state index contributed by atoms with van der Waals surface area (Å²) in [7, 11) is 0. The van der Waals surface area contributed by atoms with Gasteiger partial charge in [-0.2, -0.15) is 0 Å². The van der Waals surface area contributed by atoms with Crippen molar-refractivity contribution in [3.8, 4) is 0 Å². The van der Waals surface area contributed by atoms with Crippen molar-refractivity contribution in [3.63, 3.8) is 0 Å². The molecule has 0 fully saturated rings. The number of amides is 1. The van der Waals surface area contributed by atoms with Crippen molar-refractivity contribution >= 4 is 11.9 Å². The second-order valence-corrected chi connectivity index (χ2v) is 15.7. The van der Waals surface area contributed by atoms with Crippen molar-refractivity contribution in [1.82, 2.24) is 5.32 Å². The predicted octanol–water partition coefficient (Wildman–Crippen LogP) is 13.2. The highest BCUT2D eigenvalue weighted by Crippen LogP contribution is 2.15. The van der Waals surface area contributed by atoms with Gasteiger partial charge in [-0.05, 0) is 51.4 Å². The minimum absolute atomic E-state index is 0.0325. The Hall–Kier alpha value is -1.66. The van der Waals surface area contributed by atoms with E-state index in [1.54, 1.807) is 6.08 Å². The molecule has 0 aromatic carbocycles. The molecule has 2 atom stereocenters. The summed E-state index contributed by atoms with van der Waals surface area (Å²) >= 11 is 0. The van der Waals surface area contributed by atoms with Gasteiger partial charge in [0.15, 0.2) is 0 Å². The zero-order chi connectivity index (χ0) is 38.7. The predicted molar refractivity (Wildman–Crippen MR) is 227 cm³/mol. The monoisotopic (exact) mass is 748 g/mol. The van der Waals surface area contributed by atoms with Gasteiger partial charge in [0, 0.05) is 12.8 Å². The molecule has 2 unspecified atom stereocenters. The van der Waals surface area contributed by atoms with Crippen molar-refractivity contribution in [2.75, 3.05) is 13.2 Å². The standard InChI is InChI=1S/C47H89NO5/c1-3-5-7-9-11-13-15-16-17-18-20-23-27-31-35-39-45(50)44(43-49)48-46(51)40-36-32-28-24-21-22-26-30-34-38-42-53-47(52)41-37-33-29-25-19-14-12-10-8-6-4-2/h10,12,35,39,44-45,49-50H,3-9,11,13-34,36-38,40-43H2,1-2H3,(H,48,51)/b12-10-,39-35+. The lowest BCUT2D eigenvalue weighted by Gasteiger charge is -2.20. The van der Waals surface area contributed by atoms with Crippen LogP contribution in [0.25, 0.3) is 0 Å². The van der Waals surface area contributed by atoms with Crippen molar-refractivity contribution in [2.24, 2.45) is 0 Å². The summed E-state index contributed by atoms with van der Waals surface area (Å²) in [6.07, 6.45) is 48.7. The normalized spacial score (nSPS) is 12.9. The van der Waals surface area contributed by atoms with Crippen LogP contribution < -0.4 is 5.32 Å². The zero-order valence-corrected chi connectivity index (χ0v) is 35.2. The molecule has 6 heteroatoms. The van der Waals surface area contributed by atoms with Gasteiger partial charge in [0.1, 0.15) is 0 Å². The van der Waals surface area contributed by atoms with Crippen LogP contribution in [0.3, 0.4) is 0 Å². The molecule has 0 heterocycles. The molecule has 0 aliphatic heterocycles. The van der Waals surface area contributed by atoms with Gasteiger partial charge in [0.05, 0.1) is 25.4 Å². The van der Waals surface area contributed by atoms with Gasteiger partial charge in [0.2, 0.25) is 5.91 Å². The van der Waals surface area contributed by atoms with Crippen LogP contribution in [0.2, 0.25) is 0 Å². The molecular formula is C47H89NO5. The Labute approximate surface area is 329 Å². The van der Waals surface area contributed by atoms with Crippen LogP contribution in [0, 0.1) is 0 Å². The molecule has 3 N–H and O–H groups in total. The first-order valence-corrected chi connectivity index (χ1v) is 23.1. The lowest BCUT2D eigenvalue weighted by atomic mass is 10.0. The van der Waals surface area contributed by atoms with E-state index in [-0.39, 0.29) is 18.5 Å². The Morgan fingerprint density at radius 1 is 0.509 bits per heavy atom. The minimum Gasteiger partial charge on any atom is -0.466 e. The number of hydrogen-bond donors (Lipinski definition) is 3. The average Bonchev–Trinajstić information content (AvgIpc) is 3.16. The molecule has 53 heavy (non-hydrogen) atoms. The summed E-state index contributed by atoms with van der Waals surface area (Å²) in [4.78, 5) is 24.3. The van der Waals surface area contributed by atoms with E-state index in [2.05, 4.69) is 31.3 Å². The smallest absolute Gasteiger partial charge is 0.305 e. The maximum absolute atomic E-state index is 12.4. The van der Waals surface area contributed by atoms with Crippen LogP contribution in [-0.4, -0.2) is 47.4 Å². The first-order valence-electron chi connectivity index (χ1n) is 23.1. The van der Waals surface area contributed by atoms with Crippen molar-refractivity contribution in [2.45, 2.75) is 251 Å². The van der Waals surface area contributed by atoms with E-state index in [0.29, 0.717) is 19.4 Å². The molecule has 0 bridgehead atoms. The van der Waals surface area contributed by atoms with Gasteiger partial charge in [0.25, 0.3) is 0 Å². The fraction of sp³-hybridized carbons (Fsp3) is 0.872. The molecule has 312 valence electrons. The number of aliphatic hydroxyl groups excluding tert-OH is 2. The van der Waals surface area contributed by atoms with Crippen LogP contribution in [0.1, 0.15) is 239 Å². The second kappa shape index (κ2) is 43.1. The van der Waals surface area contributed by atoms with E-state index < -0.39 is 12.1 Å². The van der Waals surface area contributed by atoms with Gasteiger partial charge in [-0.3, -0.25) is 9.59 Å². The third-order valence-electron chi connectivity index (χ3n) is 10.5. The molecule has 0 aliphatic rings. The topological polar surface area (TPSA) is 95.9 Å². The quantitative estimate of drug-likeness (QED) is 0.0328. The van der Waals surface area contributed by atoms with E-state index in [0.717, 1.165) is 57.8 Å². The number of allylic oxidation sites excluding steroid dienone is 3. The van der Waals surface area contributed by atoms with E-state index in [1.165, 1.54) is 154 Å². The van der Waals surface area contributed by atoms with Crippen LogP contribution in [0.4, 0.5) is 0 Å². The third-order valence-corrected chi connectivity index (χ3v) is 10.5. The molecule has 0 aromatic rings. The largest absolute Gasteiger partial charge is 0.466 e. The SMILES string of the molecule is CCCC/C=C\CCCCCCCC(=O)OCCCCCCCCCCCCC(=O)NC(CO)C(O)/C=C/CCCCCCCCCCCCCCC. The number of ether oxygens (including phenoxy) is 1. The first-order chi connectivity index (χ1) is 26.0. The number of aliphatic hydroxyl groups is 2. The van der Waals surface area contributed by atoms with Crippen LogP contribution in [0.15, 0.2) is 24.3 Å². The lowest BCUT2D eigenvalue weighted by Crippen LogP contribution is -2.45. The molecule has 0 aromatic heterocycles. The highest BCUT2D eigenvalue weighted by molar-refractivity contribution is 5.76. The highest BCUT2D eigenvalue weighted by atomic mass is 16.5. The summed E-state index contributed by atoms with van der Waals surface area (Å²) in [5, 5.41) is 23.0. The fourth-order valence-corrected chi connectivity index (χ4v) is 6.85. The molecule has 6 nitrogen and oxygen atoms in total. The highest BCUT2D eigenvalue weighted by Gasteiger charge is 2.18. The second-order valence-electron chi connectivity index (χ2n) is 15.7. The number of carbonyl (C=O) groups excluding carboxylic acids is 2. The van der Waals surface area contributed by atoms with Gasteiger partial charge in [-0.1, -0.05) is 199 Å². The number of unbranched alkanes of at least 4 members (excludes halogenated alkanes) is 29. The number of esters is 1. The Morgan fingerprint density at radius 3 is 1.40 bits per heavy atom. The molecule has 0 spiro atoms. The van der Waals surface area contributed by atoms with Gasteiger partial charge in [-0.15, -0.1) is 0 Å². The number of nitrogens with one attached hydrogen (secondary N) is 1. The van der Waals surface area contributed by atoms with Crippen molar-refractivity contribution in [3.05, 3.63) is 24.3 Å². The van der Waals surface area contributed by atoms with E-state index in [1.807, 2.05) is 6.08 Å². The van der Waals surface area contributed by atoms with Crippen LogP contribution in [-0.2, 0) is 14.3 Å². The third kappa shape index (κ3) is 39.8. The molecular weight excluding hydrogens is 659 g/mol. The van der Waals surface area contributed by atoms with Crippen LogP contribution in [0.5, 0.6) is 0 Å². The summed E-state index contributed by atoms with van der Waals surface area (Å²) in [5.41, 5.74) is 0. The zero-order valence-electron chi connectivity index (χ0n) is 35.2. The molecule has 0 rings (SSSR count). The first kappa shape index (κ1) is 51.3. The minimum atomic E-state index is -0.858. The van der Waals surface area contributed by atoms with Crippen molar-refractivity contribution < 1.29 is 24.5 Å². The van der Waals surface area contributed by atoms with E-state index in [4.69, 9.17) is 4.74 Å². The Balaban J connectivity index is 3.55. The summed E-state index contributed by atoms with van der Waals surface area (Å²) < 4.78 is 5.42. The van der Waals surface area contributed by atoms with E-state index in [9.17, 15) is 19.8 Å². The Kier molecular flexibility index (Phi) is 41.7. The summed E-state index contributed by atoms with van der Waals surface area (Å²) in [6, 6.07) is -0.644. The van der Waals surface area contributed by atoms with Crippen LogP contribution >= 0.6 is 0 Å². The van der Waals surface area contributed by atoms with Gasteiger partial charge < -0.3 is 20.3 Å². The number of rotatable bonds is 42. The maximum Gasteiger partial charge on any atom is 0.305 e. The number of carbonyl (C=O) groups is 2. The van der Waals surface area contributed by atoms with Gasteiger partial charge in [-0.25, -0.2) is 0 Å². The molecule has 0 saturated carbocycles. The van der Waals surface area contributed by atoms with Gasteiger partial charge >= 0.3 is 5.97 Å². The maximum atomic E-state index is 12.4.